The van der Waals surface area contributed by atoms with Crippen LogP contribution in [-0.2, 0) is 0 Å². The maximum atomic E-state index is 12.5. The van der Waals surface area contributed by atoms with Gasteiger partial charge in [-0.2, -0.15) is 0 Å². The van der Waals surface area contributed by atoms with Gasteiger partial charge in [-0.3, -0.25) is 20.2 Å². The molecule has 124 valence electrons. The van der Waals surface area contributed by atoms with Gasteiger partial charge in [-0.15, -0.1) is 11.3 Å². The first kappa shape index (κ1) is 15.9. The standard InChI is InChI=1S/C16H8ClN3O3S2/c17-13-9-3-1-2-4-11(9)24-14(13)15(21)19-16-18-10-7-8(20(22)23)5-6-12(10)25-16/h1-7H,(H,18,19,21). The zero-order valence-corrected chi connectivity index (χ0v) is 14.7. The number of carbonyl (C=O) groups excluding carboxylic acids is 1. The lowest BCUT2D eigenvalue weighted by Crippen LogP contribution is -2.10. The van der Waals surface area contributed by atoms with Crippen LogP contribution in [0.5, 0.6) is 0 Å². The second-order valence-electron chi connectivity index (χ2n) is 5.12. The van der Waals surface area contributed by atoms with E-state index in [1.807, 2.05) is 24.3 Å². The summed E-state index contributed by atoms with van der Waals surface area (Å²) in [6, 6.07) is 11.9. The van der Waals surface area contributed by atoms with Gasteiger partial charge in [0.1, 0.15) is 4.88 Å². The zero-order valence-electron chi connectivity index (χ0n) is 12.4. The van der Waals surface area contributed by atoms with Crippen molar-refractivity contribution in [3.05, 3.63) is 62.5 Å². The van der Waals surface area contributed by atoms with E-state index in [-0.39, 0.29) is 11.6 Å². The first-order valence-electron chi connectivity index (χ1n) is 7.06. The van der Waals surface area contributed by atoms with Crippen LogP contribution in [0.15, 0.2) is 42.5 Å². The van der Waals surface area contributed by atoms with Crippen molar-refractivity contribution in [3.8, 4) is 0 Å². The quantitative estimate of drug-likeness (QED) is 0.379. The topological polar surface area (TPSA) is 85.1 Å². The molecule has 25 heavy (non-hydrogen) atoms. The number of nitrogens with one attached hydrogen (secondary N) is 1. The lowest BCUT2D eigenvalue weighted by Gasteiger charge is -1.98. The summed E-state index contributed by atoms with van der Waals surface area (Å²) in [5, 5.41) is 15.2. The number of carbonyl (C=O) groups is 1. The molecule has 0 atom stereocenters. The van der Waals surface area contributed by atoms with E-state index >= 15 is 0 Å². The van der Waals surface area contributed by atoms with Crippen molar-refractivity contribution in [2.75, 3.05) is 5.32 Å². The largest absolute Gasteiger partial charge is 0.297 e. The third-order valence-corrected chi connectivity index (χ3v) is 6.17. The highest BCUT2D eigenvalue weighted by Gasteiger charge is 2.18. The van der Waals surface area contributed by atoms with E-state index in [0.29, 0.717) is 20.5 Å². The van der Waals surface area contributed by atoms with Crippen molar-refractivity contribution in [1.82, 2.24) is 4.98 Å². The molecule has 0 aliphatic rings. The molecule has 4 rings (SSSR count). The number of nitro benzene ring substituents is 1. The number of amides is 1. The Bertz CT molecular complexity index is 1150. The number of rotatable bonds is 3. The number of thiophene rings is 1. The molecule has 0 aliphatic heterocycles. The summed E-state index contributed by atoms with van der Waals surface area (Å²) in [6.45, 7) is 0. The molecule has 9 heteroatoms. The summed E-state index contributed by atoms with van der Waals surface area (Å²) in [7, 11) is 0. The third-order valence-electron chi connectivity index (χ3n) is 3.54. The Morgan fingerprint density at radius 1 is 1.16 bits per heavy atom. The fourth-order valence-electron chi connectivity index (χ4n) is 2.40. The lowest BCUT2D eigenvalue weighted by molar-refractivity contribution is -0.384. The van der Waals surface area contributed by atoms with Crippen molar-refractivity contribution in [2.24, 2.45) is 0 Å². The fraction of sp³-hybridized carbons (Fsp3) is 0. The van der Waals surface area contributed by atoms with Crippen LogP contribution in [0.2, 0.25) is 5.02 Å². The summed E-state index contributed by atoms with van der Waals surface area (Å²) in [4.78, 5) is 27.5. The number of fused-ring (bicyclic) bond motifs is 2. The van der Waals surface area contributed by atoms with Gasteiger partial charge in [0.2, 0.25) is 0 Å². The Morgan fingerprint density at radius 2 is 1.96 bits per heavy atom. The molecule has 0 spiro atoms. The molecular formula is C16H8ClN3O3S2. The Hall–Kier alpha value is -2.55. The predicted octanol–water partition coefficient (Wildman–Crippen LogP) is 5.32. The van der Waals surface area contributed by atoms with Crippen molar-refractivity contribution in [3.63, 3.8) is 0 Å². The number of thiazole rings is 1. The van der Waals surface area contributed by atoms with Gasteiger partial charge in [-0.25, -0.2) is 4.98 Å². The minimum atomic E-state index is -0.478. The highest BCUT2D eigenvalue weighted by atomic mass is 35.5. The van der Waals surface area contributed by atoms with Crippen LogP contribution in [0.1, 0.15) is 9.67 Å². The molecule has 0 radical (unpaired) electrons. The summed E-state index contributed by atoms with van der Waals surface area (Å²) >= 11 is 8.87. The van der Waals surface area contributed by atoms with E-state index in [9.17, 15) is 14.9 Å². The molecule has 1 N–H and O–H groups in total. The predicted molar refractivity (Wildman–Crippen MR) is 101 cm³/mol. The number of nitro groups is 1. The summed E-state index contributed by atoms with van der Waals surface area (Å²) in [6.07, 6.45) is 0. The van der Waals surface area contributed by atoms with Crippen LogP contribution >= 0.6 is 34.3 Å². The van der Waals surface area contributed by atoms with E-state index in [1.54, 1.807) is 6.07 Å². The number of halogens is 1. The molecule has 2 aromatic carbocycles. The van der Waals surface area contributed by atoms with Gasteiger partial charge >= 0.3 is 0 Å². The molecule has 0 saturated carbocycles. The van der Waals surface area contributed by atoms with Crippen LogP contribution in [-0.4, -0.2) is 15.8 Å². The number of hydrogen-bond acceptors (Lipinski definition) is 6. The summed E-state index contributed by atoms with van der Waals surface area (Å²) in [5.41, 5.74) is 0.431. The van der Waals surface area contributed by atoms with Gasteiger partial charge in [0.05, 0.1) is 20.2 Å². The first-order chi connectivity index (χ1) is 12.0. The van der Waals surface area contributed by atoms with Gasteiger partial charge < -0.3 is 0 Å². The highest BCUT2D eigenvalue weighted by Crippen LogP contribution is 2.36. The first-order valence-corrected chi connectivity index (χ1v) is 9.07. The lowest BCUT2D eigenvalue weighted by atomic mass is 10.2. The van der Waals surface area contributed by atoms with Gasteiger partial charge in [-0.1, -0.05) is 41.1 Å². The van der Waals surface area contributed by atoms with Crippen LogP contribution < -0.4 is 5.32 Å². The van der Waals surface area contributed by atoms with E-state index < -0.39 is 4.92 Å². The average molecular weight is 390 g/mol. The molecule has 2 aromatic heterocycles. The molecule has 0 fully saturated rings. The average Bonchev–Trinajstić information content (AvgIpc) is 3.15. The van der Waals surface area contributed by atoms with E-state index in [0.717, 1.165) is 14.8 Å². The van der Waals surface area contributed by atoms with Crippen molar-refractivity contribution in [1.29, 1.82) is 0 Å². The van der Waals surface area contributed by atoms with E-state index in [4.69, 9.17) is 11.6 Å². The van der Waals surface area contributed by atoms with Gasteiger partial charge in [0.25, 0.3) is 11.6 Å². The Morgan fingerprint density at radius 3 is 2.72 bits per heavy atom. The maximum absolute atomic E-state index is 12.5. The van der Waals surface area contributed by atoms with E-state index in [2.05, 4.69) is 10.3 Å². The van der Waals surface area contributed by atoms with E-state index in [1.165, 1.54) is 34.8 Å². The van der Waals surface area contributed by atoms with Gasteiger partial charge in [0, 0.05) is 22.2 Å². The van der Waals surface area contributed by atoms with Crippen LogP contribution in [0, 0.1) is 10.1 Å². The van der Waals surface area contributed by atoms with Crippen LogP contribution in [0.3, 0.4) is 0 Å². The molecule has 1 amide bonds. The molecular weight excluding hydrogens is 382 g/mol. The monoisotopic (exact) mass is 389 g/mol. The van der Waals surface area contributed by atoms with Gasteiger partial charge in [0.15, 0.2) is 5.13 Å². The number of benzene rings is 2. The summed E-state index contributed by atoms with van der Waals surface area (Å²) in [5.74, 6) is -0.347. The Balaban J connectivity index is 1.66. The van der Waals surface area contributed by atoms with Crippen molar-refractivity contribution >= 4 is 71.3 Å². The molecule has 0 aliphatic carbocycles. The molecule has 6 nitrogen and oxygen atoms in total. The van der Waals surface area contributed by atoms with Crippen LogP contribution in [0.25, 0.3) is 20.3 Å². The van der Waals surface area contributed by atoms with Crippen molar-refractivity contribution in [2.45, 2.75) is 0 Å². The number of aromatic nitrogens is 1. The summed E-state index contributed by atoms with van der Waals surface area (Å²) < 4.78 is 1.68. The number of non-ortho nitro benzene ring substituents is 1. The zero-order chi connectivity index (χ0) is 17.6. The SMILES string of the molecule is O=C(Nc1nc2cc([N+](=O)[O-])ccc2s1)c1sc2ccccc2c1Cl. The Kier molecular flexibility index (Phi) is 3.87. The molecule has 0 bridgehead atoms. The van der Waals surface area contributed by atoms with Crippen LogP contribution in [0.4, 0.5) is 10.8 Å². The molecule has 4 aromatic rings. The normalized spacial score (nSPS) is 11.1. The minimum absolute atomic E-state index is 0.0387. The number of nitrogens with zero attached hydrogens (tertiary/aromatic N) is 2. The number of anilines is 1. The Labute approximate surface area is 153 Å². The second kappa shape index (κ2) is 6.07. The third kappa shape index (κ3) is 2.84. The molecule has 0 unspecified atom stereocenters. The molecule has 0 saturated heterocycles. The fourth-order valence-corrected chi connectivity index (χ4v) is 4.65. The van der Waals surface area contributed by atoms with Crippen molar-refractivity contribution < 1.29 is 9.72 Å². The number of hydrogen-bond donors (Lipinski definition) is 1. The minimum Gasteiger partial charge on any atom is -0.297 e. The van der Waals surface area contributed by atoms with Gasteiger partial charge in [-0.05, 0) is 12.1 Å². The maximum Gasteiger partial charge on any atom is 0.271 e. The smallest absolute Gasteiger partial charge is 0.271 e. The highest BCUT2D eigenvalue weighted by molar-refractivity contribution is 7.23. The molecule has 2 heterocycles. The second-order valence-corrected chi connectivity index (χ2v) is 7.58.